The normalized spacial score (nSPS) is 10.8. The average molecular weight is 255 g/mol. The molecule has 2 nitrogen and oxygen atoms in total. The molecule has 1 heterocycles. The fourth-order valence-corrected chi connectivity index (χ4v) is 2.17. The minimum Gasteiger partial charge on any atom is -0.387 e. The molecule has 4 heteroatoms. The van der Waals surface area contributed by atoms with Crippen LogP contribution in [0.3, 0.4) is 0 Å². The van der Waals surface area contributed by atoms with Crippen molar-refractivity contribution >= 4 is 39.8 Å². The van der Waals surface area contributed by atoms with E-state index in [2.05, 4.69) is 10.3 Å². The highest BCUT2D eigenvalue weighted by molar-refractivity contribution is 6.45. The Hall–Kier alpha value is -0.990. The van der Waals surface area contributed by atoms with Crippen molar-refractivity contribution in [1.29, 1.82) is 0 Å². The first-order chi connectivity index (χ1) is 7.56. The summed E-state index contributed by atoms with van der Waals surface area (Å²) in [5, 5.41) is 5.23. The van der Waals surface area contributed by atoms with Gasteiger partial charge in [0.05, 0.1) is 15.6 Å². The molecule has 1 aromatic carbocycles. The van der Waals surface area contributed by atoms with E-state index in [-0.39, 0.29) is 0 Å². The predicted octanol–water partition coefficient (Wildman–Crippen LogP) is 4.20. The molecule has 0 fully saturated rings. The second kappa shape index (κ2) is 4.11. The van der Waals surface area contributed by atoms with E-state index in [9.17, 15) is 0 Å². The lowest BCUT2D eigenvalue weighted by molar-refractivity contribution is 1.19. The molecule has 0 saturated heterocycles. The molecule has 1 N–H and O–H groups in total. The Labute approximate surface area is 105 Å². The second-order valence-corrected chi connectivity index (χ2v) is 4.49. The van der Waals surface area contributed by atoms with Crippen molar-refractivity contribution < 1.29 is 0 Å². The second-order valence-electron chi connectivity index (χ2n) is 3.70. The maximum atomic E-state index is 6.16. The van der Waals surface area contributed by atoms with Crippen LogP contribution in [0.25, 0.3) is 10.9 Å². The first-order valence-electron chi connectivity index (χ1n) is 4.99. The highest BCUT2D eigenvalue weighted by atomic mass is 35.5. The number of rotatable bonds is 1. The van der Waals surface area contributed by atoms with Gasteiger partial charge in [-0.1, -0.05) is 23.2 Å². The number of anilines is 1. The summed E-state index contributed by atoms with van der Waals surface area (Å²) in [6.45, 7) is 4.00. The molecule has 2 rings (SSSR count). The zero-order valence-electron chi connectivity index (χ0n) is 9.36. The molecule has 0 bridgehead atoms. The number of benzene rings is 1. The van der Waals surface area contributed by atoms with Gasteiger partial charge < -0.3 is 5.32 Å². The summed E-state index contributed by atoms with van der Waals surface area (Å²) in [5.41, 5.74) is 3.90. The number of fused-ring (bicyclic) bond motifs is 1. The largest absolute Gasteiger partial charge is 0.387 e. The number of aryl methyl sites for hydroxylation is 1. The summed E-state index contributed by atoms with van der Waals surface area (Å²) in [7, 11) is 1.89. The maximum Gasteiger partial charge on any atom is 0.0927 e. The summed E-state index contributed by atoms with van der Waals surface area (Å²) >= 11 is 12.1. The van der Waals surface area contributed by atoms with Crippen molar-refractivity contribution in [2.75, 3.05) is 12.4 Å². The van der Waals surface area contributed by atoms with E-state index in [1.807, 2.05) is 27.0 Å². The zero-order chi connectivity index (χ0) is 11.9. The minimum atomic E-state index is 0.513. The van der Waals surface area contributed by atoms with E-state index in [4.69, 9.17) is 23.2 Å². The summed E-state index contributed by atoms with van der Waals surface area (Å²) in [5.74, 6) is 0. The number of hydrogen-bond donors (Lipinski definition) is 1. The van der Waals surface area contributed by atoms with Crippen LogP contribution in [-0.2, 0) is 0 Å². The van der Waals surface area contributed by atoms with E-state index in [1.165, 1.54) is 0 Å². The lowest BCUT2D eigenvalue weighted by atomic mass is 10.1. The Morgan fingerprint density at radius 1 is 1.19 bits per heavy atom. The molecule has 1 aromatic heterocycles. The van der Waals surface area contributed by atoms with Gasteiger partial charge in [-0.25, -0.2) is 0 Å². The van der Waals surface area contributed by atoms with Crippen molar-refractivity contribution in [1.82, 2.24) is 4.98 Å². The average Bonchev–Trinajstić information content (AvgIpc) is 2.27. The fourth-order valence-electron chi connectivity index (χ4n) is 1.81. The van der Waals surface area contributed by atoms with Gasteiger partial charge in [-0.3, -0.25) is 4.98 Å². The Morgan fingerprint density at radius 3 is 2.50 bits per heavy atom. The third-order valence-corrected chi connectivity index (χ3v) is 3.58. The smallest absolute Gasteiger partial charge is 0.0927 e. The molecule has 0 atom stereocenters. The van der Waals surface area contributed by atoms with Gasteiger partial charge in [-0.2, -0.15) is 0 Å². The third-order valence-electron chi connectivity index (χ3n) is 2.79. The van der Waals surface area contributed by atoms with Crippen molar-refractivity contribution in [3.63, 3.8) is 0 Å². The fraction of sp³-hybridized carbons (Fsp3) is 0.250. The molecular weight excluding hydrogens is 243 g/mol. The molecule has 2 aromatic rings. The monoisotopic (exact) mass is 254 g/mol. The van der Waals surface area contributed by atoms with Gasteiger partial charge in [-0.15, -0.1) is 0 Å². The van der Waals surface area contributed by atoms with Crippen LogP contribution in [0.15, 0.2) is 12.1 Å². The Bertz CT molecular complexity index is 565. The first-order valence-corrected chi connectivity index (χ1v) is 5.74. The van der Waals surface area contributed by atoms with Gasteiger partial charge in [0.1, 0.15) is 0 Å². The highest BCUT2D eigenvalue weighted by Crippen LogP contribution is 2.35. The summed E-state index contributed by atoms with van der Waals surface area (Å²) in [6.07, 6.45) is 0. The molecular formula is C12H12Cl2N2. The molecule has 0 aliphatic rings. The number of halogens is 2. The number of aromatic nitrogens is 1. The molecule has 84 valence electrons. The van der Waals surface area contributed by atoms with Gasteiger partial charge in [0.25, 0.3) is 0 Å². The minimum absolute atomic E-state index is 0.513. The summed E-state index contributed by atoms with van der Waals surface area (Å²) < 4.78 is 0. The Balaban J connectivity index is 2.96. The molecule has 0 radical (unpaired) electrons. The predicted molar refractivity (Wildman–Crippen MR) is 70.8 cm³/mol. The van der Waals surface area contributed by atoms with Gasteiger partial charge in [-0.05, 0) is 31.5 Å². The van der Waals surface area contributed by atoms with E-state index in [0.29, 0.717) is 10.0 Å². The molecule has 0 amide bonds. The molecule has 16 heavy (non-hydrogen) atoms. The van der Waals surface area contributed by atoms with Crippen LogP contribution in [0.1, 0.15) is 11.3 Å². The molecule has 0 aliphatic heterocycles. The van der Waals surface area contributed by atoms with Crippen LogP contribution in [0.2, 0.25) is 10.0 Å². The lowest BCUT2D eigenvalue weighted by Crippen LogP contribution is -1.98. The van der Waals surface area contributed by atoms with Crippen molar-refractivity contribution in [3.8, 4) is 0 Å². The Kier molecular flexibility index (Phi) is 2.96. The van der Waals surface area contributed by atoms with E-state index in [0.717, 1.165) is 27.8 Å². The SMILES string of the molecule is CNc1c(C)c(C)nc2c(Cl)c(Cl)ccc12. The van der Waals surface area contributed by atoms with E-state index < -0.39 is 0 Å². The standard InChI is InChI=1S/C12H12Cl2N2/c1-6-7(2)16-12-8(11(6)15-3)4-5-9(13)10(12)14/h4-5H,1-3H3,(H,15,16). The van der Waals surface area contributed by atoms with Gasteiger partial charge in [0.15, 0.2) is 0 Å². The number of pyridine rings is 1. The number of nitrogens with one attached hydrogen (secondary N) is 1. The third kappa shape index (κ3) is 1.62. The van der Waals surface area contributed by atoms with Crippen molar-refractivity contribution in [3.05, 3.63) is 33.4 Å². The van der Waals surface area contributed by atoms with Gasteiger partial charge in [0.2, 0.25) is 0 Å². The Morgan fingerprint density at radius 2 is 1.88 bits per heavy atom. The van der Waals surface area contributed by atoms with Crippen molar-refractivity contribution in [2.45, 2.75) is 13.8 Å². The number of nitrogens with zero attached hydrogens (tertiary/aromatic N) is 1. The van der Waals surface area contributed by atoms with Crippen LogP contribution in [-0.4, -0.2) is 12.0 Å². The van der Waals surface area contributed by atoms with Gasteiger partial charge >= 0.3 is 0 Å². The van der Waals surface area contributed by atoms with Crippen LogP contribution in [0, 0.1) is 13.8 Å². The maximum absolute atomic E-state index is 6.16. The summed E-state index contributed by atoms with van der Waals surface area (Å²) in [6, 6.07) is 3.73. The first kappa shape index (κ1) is 11.5. The van der Waals surface area contributed by atoms with E-state index >= 15 is 0 Å². The van der Waals surface area contributed by atoms with Crippen LogP contribution >= 0.6 is 23.2 Å². The molecule has 0 unspecified atom stereocenters. The lowest BCUT2D eigenvalue weighted by Gasteiger charge is -2.13. The van der Waals surface area contributed by atoms with Crippen LogP contribution in [0.4, 0.5) is 5.69 Å². The highest BCUT2D eigenvalue weighted by Gasteiger charge is 2.12. The molecule has 0 aliphatic carbocycles. The topological polar surface area (TPSA) is 24.9 Å². The summed E-state index contributed by atoms with van der Waals surface area (Å²) in [4.78, 5) is 4.49. The van der Waals surface area contributed by atoms with Crippen molar-refractivity contribution in [2.24, 2.45) is 0 Å². The van der Waals surface area contributed by atoms with Gasteiger partial charge in [0, 0.05) is 23.8 Å². The van der Waals surface area contributed by atoms with Crippen LogP contribution in [0.5, 0.6) is 0 Å². The van der Waals surface area contributed by atoms with E-state index in [1.54, 1.807) is 6.07 Å². The molecule has 0 saturated carbocycles. The van der Waals surface area contributed by atoms with Crippen LogP contribution < -0.4 is 5.32 Å². The molecule has 0 spiro atoms. The number of hydrogen-bond acceptors (Lipinski definition) is 2. The quantitative estimate of drug-likeness (QED) is 0.825. The zero-order valence-corrected chi connectivity index (χ0v) is 10.9.